The number of fused-ring (bicyclic) bond motifs is 1. The minimum absolute atomic E-state index is 0.952. The van der Waals surface area contributed by atoms with E-state index in [2.05, 4.69) is 50.9 Å². The first kappa shape index (κ1) is 15.9. The third kappa shape index (κ3) is 2.92. The largest absolute Gasteiger partial charge is 0.353 e. The van der Waals surface area contributed by atoms with E-state index >= 15 is 0 Å². The van der Waals surface area contributed by atoms with Gasteiger partial charge in [-0.3, -0.25) is 4.90 Å². The highest BCUT2D eigenvalue weighted by Crippen LogP contribution is 2.34. The van der Waals surface area contributed by atoms with Crippen LogP contribution in [0.2, 0.25) is 0 Å². The van der Waals surface area contributed by atoms with Crippen LogP contribution < -0.4 is 4.90 Å². The first-order chi connectivity index (χ1) is 11.6. The third-order valence-electron chi connectivity index (χ3n) is 4.67. The fourth-order valence-corrected chi connectivity index (χ4v) is 4.83. The molecule has 5 nitrogen and oxygen atoms in total. The Labute approximate surface area is 150 Å². The number of aryl methyl sites for hydroxylation is 3. The number of rotatable bonds is 3. The van der Waals surface area contributed by atoms with Gasteiger partial charge in [-0.25, -0.2) is 15.0 Å². The molecular weight excluding hydrogens is 338 g/mol. The Hall–Kier alpha value is -1.57. The van der Waals surface area contributed by atoms with E-state index in [0.717, 1.165) is 48.4 Å². The summed E-state index contributed by atoms with van der Waals surface area (Å²) in [5.41, 5.74) is 2.52. The number of hydrogen-bond donors (Lipinski definition) is 0. The molecule has 1 saturated heterocycles. The van der Waals surface area contributed by atoms with Gasteiger partial charge in [-0.2, -0.15) is 0 Å². The zero-order valence-corrected chi connectivity index (χ0v) is 15.9. The minimum Gasteiger partial charge on any atom is -0.353 e. The molecule has 1 aliphatic rings. The quantitative estimate of drug-likeness (QED) is 0.717. The highest BCUT2D eigenvalue weighted by atomic mass is 32.1. The maximum atomic E-state index is 4.61. The van der Waals surface area contributed by atoms with Crippen molar-refractivity contribution in [3.63, 3.8) is 0 Å². The van der Waals surface area contributed by atoms with E-state index in [1.54, 1.807) is 29.0 Å². The number of aromatic nitrogens is 3. The highest BCUT2D eigenvalue weighted by molar-refractivity contribution is 7.18. The average Bonchev–Trinajstić information content (AvgIpc) is 3.12. The first-order valence-electron chi connectivity index (χ1n) is 8.21. The predicted molar refractivity (Wildman–Crippen MR) is 101 cm³/mol. The number of nitrogens with zero attached hydrogens (tertiary/aromatic N) is 5. The zero-order valence-electron chi connectivity index (χ0n) is 14.2. The summed E-state index contributed by atoms with van der Waals surface area (Å²) in [6.45, 7) is 11.5. The Kier molecular flexibility index (Phi) is 4.24. The molecule has 0 spiro atoms. The van der Waals surface area contributed by atoms with Crippen molar-refractivity contribution in [3.05, 3.63) is 32.8 Å². The summed E-state index contributed by atoms with van der Waals surface area (Å²) in [6, 6.07) is 0. The number of thiazole rings is 1. The minimum atomic E-state index is 0.952. The zero-order chi connectivity index (χ0) is 16.7. The van der Waals surface area contributed by atoms with Crippen molar-refractivity contribution in [2.75, 3.05) is 31.1 Å². The van der Waals surface area contributed by atoms with Gasteiger partial charge in [-0.05, 0) is 26.3 Å². The lowest BCUT2D eigenvalue weighted by Crippen LogP contribution is -2.46. The first-order valence-corrected chi connectivity index (χ1v) is 9.90. The van der Waals surface area contributed by atoms with E-state index in [1.165, 1.54) is 21.5 Å². The van der Waals surface area contributed by atoms with Gasteiger partial charge in [0.2, 0.25) is 0 Å². The molecule has 126 valence electrons. The van der Waals surface area contributed by atoms with Crippen molar-refractivity contribution in [3.8, 4) is 0 Å². The molecule has 0 bridgehead atoms. The molecule has 0 N–H and O–H groups in total. The second-order valence-corrected chi connectivity index (χ2v) is 8.55. The number of anilines is 1. The summed E-state index contributed by atoms with van der Waals surface area (Å²) < 4.78 is 0. The van der Waals surface area contributed by atoms with E-state index in [9.17, 15) is 0 Å². The molecule has 1 aliphatic heterocycles. The van der Waals surface area contributed by atoms with Crippen LogP contribution in [0, 0.1) is 20.8 Å². The Balaban J connectivity index is 1.50. The molecule has 0 aliphatic carbocycles. The highest BCUT2D eigenvalue weighted by Gasteiger charge is 2.22. The van der Waals surface area contributed by atoms with Gasteiger partial charge >= 0.3 is 0 Å². The molecule has 0 saturated carbocycles. The van der Waals surface area contributed by atoms with Crippen LogP contribution in [0.3, 0.4) is 0 Å². The fourth-order valence-electron chi connectivity index (χ4n) is 3.23. The molecular formula is C17H21N5S2. The van der Waals surface area contributed by atoms with Crippen molar-refractivity contribution in [2.24, 2.45) is 0 Å². The van der Waals surface area contributed by atoms with Crippen LogP contribution >= 0.6 is 22.7 Å². The van der Waals surface area contributed by atoms with Gasteiger partial charge in [-0.15, -0.1) is 22.7 Å². The molecule has 1 fully saturated rings. The fraction of sp³-hybridized carbons (Fsp3) is 0.471. The lowest BCUT2D eigenvalue weighted by atomic mass is 10.2. The van der Waals surface area contributed by atoms with Gasteiger partial charge in [0.15, 0.2) is 0 Å². The van der Waals surface area contributed by atoms with Gasteiger partial charge in [0.25, 0.3) is 0 Å². The van der Waals surface area contributed by atoms with Gasteiger partial charge in [0.05, 0.1) is 16.1 Å². The normalized spacial score (nSPS) is 16.2. The van der Waals surface area contributed by atoms with Crippen LogP contribution in [0.25, 0.3) is 10.2 Å². The molecule has 3 aromatic heterocycles. The molecule has 24 heavy (non-hydrogen) atoms. The Bertz CT molecular complexity index is 861. The van der Waals surface area contributed by atoms with Crippen molar-refractivity contribution >= 4 is 38.7 Å². The molecule has 7 heteroatoms. The summed E-state index contributed by atoms with van der Waals surface area (Å²) in [6.07, 6.45) is 1.71. The molecule has 0 aromatic carbocycles. The smallest absolute Gasteiger partial charge is 0.141 e. The SMILES string of the molecule is Cc1nc(CN2CCN(c3ncnc4sc(C)c(C)c34)CC2)cs1. The van der Waals surface area contributed by atoms with Crippen LogP contribution in [0.1, 0.15) is 21.1 Å². The van der Waals surface area contributed by atoms with Gasteiger partial charge in [0.1, 0.15) is 17.0 Å². The Morgan fingerprint density at radius 3 is 2.58 bits per heavy atom. The average molecular weight is 360 g/mol. The third-order valence-corrected chi connectivity index (χ3v) is 6.61. The molecule has 0 radical (unpaired) electrons. The molecule has 0 unspecified atom stereocenters. The van der Waals surface area contributed by atoms with Crippen molar-refractivity contribution < 1.29 is 0 Å². The van der Waals surface area contributed by atoms with Gasteiger partial charge in [0, 0.05) is 43.0 Å². The summed E-state index contributed by atoms with van der Waals surface area (Å²) in [5, 5.41) is 4.56. The van der Waals surface area contributed by atoms with E-state index in [-0.39, 0.29) is 0 Å². The van der Waals surface area contributed by atoms with Gasteiger partial charge < -0.3 is 4.90 Å². The maximum absolute atomic E-state index is 4.61. The second kappa shape index (κ2) is 6.38. The van der Waals surface area contributed by atoms with Gasteiger partial charge in [-0.1, -0.05) is 0 Å². The summed E-state index contributed by atoms with van der Waals surface area (Å²) in [7, 11) is 0. The monoisotopic (exact) mass is 359 g/mol. The summed E-state index contributed by atoms with van der Waals surface area (Å²) >= 11 is 3.50. The Morgan fingerprint density at radius 2 is 1.88 bits per heavy atom. The number of piperazine rings is 1. The number of hydrogen-bond acceptors (Lipinski definition) is 7. The van der Waals surface area contributed by atoms with E-state index < -0.39 is 0 Å². The van der Waals surface area contributed by atoms with Crippen LogP contribution in [0.4, 0.5) is 5.82 Å². The Morgan fingerprint density at radius 1 is 1.08 bits per heavy atom. The molecule has 4 rings (SSSR count). The predicted octanol–water partition coefficient (Wildman–Crippen LogP) is 3.40. The topological polar surface area (TPSA) is 45.2 Å². The van der Waals surface area contributed by atoms with Crippen LogP contribution in [0.5, 0.6) is 0 Å². The molecule has 4 heterocycles. The van der Waals surface area contributed by atoms with E-state index in [0.29, 0.717) is 0 Å². The summed E-state index contributed by atoms with van der Waals surface area (Å²) in [5.74, 6) is 1.10. The van der Waals surface area contributed by atoms with Crippen LogP contribution in [0.15, 0.2) is 11.7 Å². The standard InChI is InChI=1S/C17H21N5S2/c1-11-12(2)24-17-15(11)16(18-10-19-17)22-6-4-21(5-7-22)8-14-9-23-13(3)20-14/h9-10H,4-8H2,1-3H3. The van der Waals surface area contributed by atoms with Crippen LogP contribution in [-0.2, 0) is 6.54 Å². The van der Waals surface area contributed by atoms with E-state index in [1.807, 2.05) is 0 Å². The summed E-state index contributed by atoms with van der Waals surface area (Å²) in [4.78, 5) is 21.0. The lowest BCUT2D eigenvalue weighted by Gasteiger charge is -2.35. The van der Waals surface area contributed by atoms with Crippen molar-refractivity contribution in [1.29, 1.82) is 0 Å². The number of thiophene rings is 1. The maximum Gasteiger partial charge on any atom is 0.141 e. The molecule has 3 aromatic rings. The second-order valence-electron chi connectivity index (χ2n) is 6.28. The van der Waals surface area contributed by atoms with E-state index in [4.69, 9.17) is 0 Å². The molecule has 0 amide bonds. The molecule has 0 atom stereocenters. The lowest BCUT2D eigenvalue weighted by molar-refractivity contribution is 0.247. The van der Waals surface area contributed by atoms with Crippen molar-refractivity contribution in [2.45, 2.75) is 27.3 Å². The van der Waals surface area contributed by atoms with Crippen molar-refractivity contribution in [1.82, 2.24) is 19.9 Å². The van der Waals surface area contributed by atoms with Crippen LogP contribution in [-0.4, -0.2) is 46.0 Å².